The van der Waals surface area contributed by atoms with Crippen LogP contribution in [0.3, 0.4) is 0 Å². The van der Waals surface area contributed by atoms with Gasteiger partial charge in [-0.15, -0.1) is 0 Å². The van der Waals surface area contributed by atoms with E-state index in [1.807, 2.05) is 0 Å². The van der Waals surface area contributed by atoms with Crippen molar-refractivity contribution in [3.63, 3.8) is 0 Å². The van der Waals surface area contributed by atoms with Crippen LogP contribution in [0.4, 0.5) is 0 Å². The minimum atomic E-state index is 0.920. The predicted molar refractivity (Wildman–Crippen MR) is 193 cm³/mol. The molecular weight excluding hydrogens is 558 g/mol. The molecule has 2 nitrogen and oxygen atoms in total. The molecule has 0 spiro atoms. The first kappa shape index (κ1) is 24.2. The lowest BCUT2D eigenvalue weighted by Crippen LogP contribution is -1.95. The average molecular weight is 584 g/mol. The van der Waals surface area contributed by atoms with Crippen LogP contribution in [-0.2, 0) is 0 Å². The lowest BCUT2D eigenvalue weighted by atomic mass is 9.94. The maximum Gasteiger partial charge on any atom is 0.146 e. The van der Waals surface area contributed by atoms with E-state index in [0.29, 0.717) is 0 Å². The van der Waals surface area contributed by atoms with Gasteiger partial charge >= 0.3 is 0 Å². The van der Waals surface area contributed by atoms with Gasteiger partial charge in [-0.3, -0.25) is 0 Å². The number of fused-ring (bicyclic) bond motifs is 13. The van der Waals surface area contributed by atoms with Crippen molar-refractivity contribution in [2.45, 2.75) is 0 Å². The van der Waals surface area contributed by atoms with Gasteiger partial charge in [0.2, 0.25) is 0 Å². The van der Waals surface area contributed by atoms with Crippen molar-refractivity contribution >= 4 is 65.3 Å². The molecule has 0 unspecified atom stereocenters. The summed E-state index contributed by atoms with van der Waals surface area (Å²) in [6, 6.07) is 55.1. The zero-order valence-corrected chi connectivity index (χ0v) is 24.8. The van der Waals surface area contributed by atoms with Crippen molar-refractivity contribution in [2.75, 3.05) is 0 Å². The van der Waals surface area contributed by atoms with E-state index in [-0.39, 0.29) is 0 Å². The number of nitrogens with zero attached hydrogens (tertiary/aromatic N) is 1. The third kappa shape index (κ3) is 3.01. The van der Waals surface area contributed by atoms with E-state index in [1.54, 1.807) is 0 Å². The first-order valence-electron chi connectivity index (χ1n) is 15.9. The van der Waals surface area contributed by atoms with Crippen LogP contribution in [0.5, 0.6) is 0 Å². The highest BCUT2D eigenvalue weighted by Crippen LogP contribution is 2.50. The van der Waals surface area contributed by atoms with Crippen LogP contribution >= 0.6 is 0 Å². The second-order valence-electron chi connectivity index (χ2n) is 12.4. The second kappa shape index (κ2) is 8.74. The van der Waals surface area contributed by atoms with Crippen LogP contribution in [0, 0.1) is 0 Å². The van der Waals surface area contributed by atoms with Crippen molar-refractivity contribution in [3.05, 3.63) is 152 Å². The van der Waals surface area contributed by atoms with Gasteiger partial charge in [0.25, 0.3) is 0 Å². The van der Waals surface area contributed by atoms with Crippen molar-refractivity contribution in [1.29, 1.82) is 0 Å². The minimum Gasteiger partial charge on any atom is -0.455 e. The van der Waals surface area contributed by atoms with Crippen LogP contribution in [0.15, 0.2) is 156 Å². The van der Waals surface area contributed by atoms with Crippen LogP contribution < -0.4 is 0 Å². The Labute approximate surface area is 264 Å². The molecule has 0 aliphatic heterocycles. The lowest BCUT2D eigenvalue weighted by molar-refractivity contribution is 0.673. The van der Waals surface area contributed by atoms with Crippen LogP contribution in [0.25, 0.3) is 104 Å². The number of hydrogen-bond acceptors (Lipinski definition) is 1. The summed E-state index contributed by atoms with van der Waals surface area (Å²) < 4.78 is 9.16. The summed E-state index contributed by atoms with van der Waals surface area (Å²) >= 11 is 0. The van der Waals surface area contributed by atoms with Gasteiger partial charge in [0.15, 0.2) is 0 Å². The molecule has 0 saturated carbocycles. The number of benzene rings is 8. The topological polar surface area (TPSA) is 18.1 Å². The molecule has 2 heteroatoms. The fraction of sp³-hybridized carbons (Fsp3) is 0. The van der Waals surface area contributed by atoms with Gasteiger partial charge in [-0.05, 0) is 73.8 Å². The predicted octanol–water partition coefficient (Wildman–Crippen LogP) is 12.3. The summed E-state index contributed by atoms with van der Waals surface area (Å²) in [5.74, 6) is 0. The molecule has 0 N–H and O–H groups in total. The van der Waals surface area contributed by atoms with Crippen LogP contribution in [0.2, 0.25) is 0 Å². The Morgan fingerprint density at radius 3 is 1.89 bits per heavy atom. The molecule has 0 atom stereocenters. The van der Waals surface area contributed by atoms with E-state index in [1.165, 1.54) is 76.7 Å². The Morgan fingerprint density at radius 1 is 0.391 bits per heavy atom. The summed E-state index contributed by atoms with van der Waals surface area (Å²) in [5, 5.41) is 9.77. The van der Waals surface area contributed by atoms with Crippen molar-refractivity contribution in [3.8, 4) is 39.1 Å². The van der Waals surface area contributed by atoms with E-state index < -0.39 is 0 Å². The molecule has 0 amide bonds. The minimum absolute atomic E-state index is 0.920. The molecule has 2 aromatic heterocycles. The molecule has 1 aliphatic rings. The highest BCUT2D eigenvalue weighted by atomic mass is 16.3. The van der Waals surface area contributed by atoms with Crippen LogP contribution in [0.1, 0.15) is 0 Å². The molecule has 10 aromatic rings. The van der Waals surface area contributed by atoms with E-state index in [2.05, 4.69) is 156 Å². The molecule has 11 rings (SSSR count). The summed E-state index contributed by atoms with van der Waals surface area (Å²) in [4.78, 5) is 0. The molecule has 0 saturated heterocycles. The first-order valence-corrected chi connectivity index (χ1v) is 15.9. The van der Waals surface area contributed by atoms with Gasteiger partial charge in [-0.25, -0.2) is 0 Å². The number of furan rings is 1. The summed E-state index contributed by atoms with van der Waals surface area (Å²) in [6.07, 6.45) is 0. The largest absolute Gasteiger partial charge is 0.455 e. The molecule has 1 aliphatic carbocycles. The number of aromatic nitrogens is 1. The van der Waals surface area contributed by atoms with Gasteiger partial charge in [0, 0.05) is 27.2 Å². The highest BCUT2D eigenvalue weighted by molar-refractivity contribution is 6.35. The second-order valence-corrected chi connectivity index (χ2v) is 12.4. The van der Waals surface area contributed by atoms with Crippen molar-refractivity contribution in [1.82, 2.24) is 4.57 Å². The molecule has 8 aromatic carbocycles. The van der Waals surface area contributed by atoms with Crippen LogP contribution in [-0.4, -0.2) is 4.57 Å². The van der Waals surface area contributed by atoms with Gasteiger partial charge in [-0.1, -0.05) is 127 Å². The zero-order valence-electron chi connectivity index (χ0n) is 24.8. The molecular formula is C44H25NO. The van der Waals surface area contributed by atoms with Gasteiger partial charge in [-0.2, -0.15) is 0 Å². The zero-order chi connectivity index (χ0) is 29.9. The molecule has 0 bridgehead atoms. The van der Waals surface area contributed by atoms with Gasteiger partial charge in [0.05, 0.1) is 16.4 Å². The first-order chi connectivity index (χ1) is 22.8. The maximum absolute atomic E-state index is 6.71. The molecule has 2 heterocycles. The maximum atomic E-state index is 6.71. The Hall–Kier alpha value is -6.12. The number of hydrogen-bond donors (Lipinski definition) is 0. The van der Waals surface area contributed by atoms with E-state index in [9.17, 15) is 0 Å². The van der Waals surface area contributed by atoms with Gasteiger partial charge < -0.3 is 8.98 Å². The van der Waals surface area contributed by atoms with E-state index in [0.717, 1.165) is 27.6 Å². The fourth-order valence-electron chi connectivity index (χ4n) is 8.26. The Kier molecular flexibility index (Phi) is 4.61. The third-order valence-electron chi connectivity index (χ3n) is 10.1. The van der Waals surface area contributed by atoms with Gasteiger partial charge in [0.1, 0.15) is 11.2 Å². The summed E-state index contributed by atoms with van der Waals surface area (Å²) in [5.41, 5.74) is 13.1. The Balaban J connectivity index is 1.23. The highest BCUT2D eigenvalue weighted by Gasteiger charge is 2.24. The molecule has 0 fully saturated rings. The smallest absolute Gasteiger partial charge is 0.146 e. The normalized spacial score (nSPS) is 12.3. The van der Waals surface area contributed by atoms with E-state index in [4.69, 9.17) is 4.42 Å². The fourth-order valence-corrected chi connectivity index (χ4v) is 8.26. The Bertz CT molecular complexity index is 2890. The summed E-state index contributed by atoms with van der Waals surface area (Å²) in [7, 11) is 0. The Morgan fingerprint density at radius 2 is 1.02 bits per heavy atom. The van der Waals surface area contributed by atoms with Crippen molar-refractivity contribution < 1.29 is 4.42 Å². The number of rotatable bonds is 2. The lowest BCUT2D eigenvalue weighted by Gasteiger charge is -2.14. The average Bonchev–Trinajstić information content (AvgIpc) is 3.78. The standard InChI is InChI=1S/C44H25NO/c1-2-14-30-29(13-1)32-20-10-19-31-28(23-24-34(30)40(31)32)26-11-9-12-27(25-26)45-38-21-7-5-17-36(38)42-43(45)35-16-4-3-15-33(35)41-37-18-6-8-22-39(37)46-44(41)42/h1-25H. The quantitative estimate of drug-likeness (QED) is 0.198. The van der Waals surface area contributed by atoms with E-state index >= 15 is 0 Å². The number of para-hydroxylation sites is 2. The third-order valence-corrected chi connectivity index (χ3v) is 10.1. The summed E-state index contributed by atoms with van der Waals surface area (Å²) in [6.45, 7) is 0. The SMILES string of the molecule is c1cc(-c2ccc3c4c(cccc24)-c2ccccc2-3)cc(-n2c3ccccc3c3c4oc5ccccc5c4c4ccccc4c32)c1. The monoisotopic (exact) mass is 583 g/mol. The molecule has 212 valence electrons. The molecule has 46 heavy (non-hydrogen) atoms. The molecule has 0 radical (unpaired) electrons. The van der Waals surface area contributed by atoms with Crippen molar-refractivity contribution in [2.24, 2.45) is 0 Å².